The van der Waals surface area contributed by atoms with Crippen LogP contribution < -0.4 is 36.0 Å². The molecule has 0 bridgehead atoms. The second kappa shape index (κ2) is 34.4. The number of aryl methyl sites for hydroxylation is 2. The Morgan fingerprint density at radius 2 is 1.01 bits per heavy atom. The predicted molar refractivity (Wildman–Crippen MR) is 310 cm³/mol. The Bertz CT molecular complexity index is 2270. The summed E-state index contributed by atoms with van der Waals surface area (Å²) in [5.74, 6) is 5.11. The Hall–Kier alpha value is -3.15. The van der Waals surface area contributed by atoms with Gasteiger partial charge in [-0.3, -0.25) is 3.92 Å². The number of fused-ring (bicyclic) bond motifs is 3. The average molecular weight is 1200 g/mol. The van der Waals surface area contributed by atoms with E-state index in [1.807, 2.05) is 41.7 Å². The van der Waals surface area contributed by atoms with Crippen LogP contribution >= 0.6 is 46.6 Å². The number of aromatic nitrogens is 8. The molecule has 4 aliphatic heterocycles. The summed E-state index contributed by atoms with van der Waals surface area (Å²) in [5.41, 5.74) is 3.06. The third-order valence-corrected chi connectivity index (χ3v) is 12.1. The number of piperidine rings is 3. The zero-order valence-corrected chi connectivity index (χ0v) is 47.7. The van der Waals surface area contributed by atoms with Gasteiger partial charge in [0.2, 0.25) is 17.8 Å². The van der Waals surface area contributed by atoms with Crippen molar-refractivity contribution in [3.05, 3.63) is 39.2 Å². The molecule has 0 atom stereocenters. The fourth-order valence-electron chi connectivity index (χ4n) is 8.02. The van der Waals surface area contributed by atoms with Gasteiger partial charge in [-0.05, 0) is 89.4 Å². The maximum absolute atomic E-state index is 9.70. The van der Waals surface area contributed by atoms with E-state index in [-0.39, 0.29) is 64.1 Å². The van der Waals surface area contributed by atoms with E-state index in [1.165, 1.54) is 9.49 Å². The van der Waals surface area contributed by atoms with Gasteiger partial charge in [-0.15, -0.1) is 12.4 Å². The van der Waals surface area contributed by atoms with Crippen molar-refractivity contribution in [3.63, 3.8) is 0 Å². The number of halogens is 3. The smallest absolute Gasteiger partial charge is 0.226 e. The zero-order valence-electron chi connectivity index (χ0n) is 42.6. The third-order valence-electron chi connectivity index (χ3n) is 11.8. The minimum atomic E-state index is -0.174. The van der Waals surface area contributed by atoms with Gasteiger partial charge in [0.05, 0.1) is 29.1 Å². The predicted octanol–water partition coefficient (Wildman–Crippen LogP) is 8.86. The van der Waals surface area contributed by atoms with E-state index in [1.54, 1.807) is 0 Å². The van der Waals surface area contributed by atoms with Crippen molar-refractivity contribution in [1.29, 1.82) is 0 Å². The molecule has 0 spiro atoms. The quantitative estimate of drug-likeness (QED) is 0.0375. The maximum atomic E-state index is 9.70. The number of nitrogens with zero attached hydrogens (tertiary/aromatic N) is 11. The summed E-state index contributed by atoms with van der Waals surface area (Å²) in [6.45, 7) is 19.5. The van der Waals surface area contributed by atoms with Crippen LogP contribution in [0.15, 0.2) is 24.5 Å². The van der Waals surface area contributed by atoms with Crippen molar-refractivity contribution in [2.45, 2.75) is 132 Å². The summed E-state index contributed by atoms with van der Waals surface area (Å²) in [7, 11) is 6.03. The number of hydrogen-bond acceptors (Lipinski definition) is 16. The topological polar surface area (TPSA) is 206 Å². The van der Waals surface area contributed by atoms with Crippen LogP contribution in [-0.2, 0) is 39.1 Å². The van der Waals surface area contributed by atoms with Crippen LogP contribution in [0.4, 0.5) is 35.3 Å². The van der Waals surface area contributed by atoms with Crippen molar-refractivity contribution >= 4 is 104 Å². The summed E-state index contributed by atoms with van der Waals surface area (Å²) in [4.78, 5) is 34.1. The van der Waals surface area contributed by atoms with E-state index in [2.05, 4.69) is 126 Å². The maximum Gasteiger partial charge on any atom is 0.226 e. The molecule has 72 heavy (non-hydrogen) atoms. The van der Waals surface area contributed by atoms with Gasteiger partial charge in [-0.1, -0.05) is 47.2 Å². The van der Waals surface area contributed by atoms with Gasteiger partial charge in [-0.2, -0.15) is 38.8 Å². The van der Waals surface area contributed by atoms with Gasteiger partial charge in [0.25, 0.3) is 0 Å². The molecule has 0 unspecified atom stereocenters. The van der Waals surface area contributed by atoms with Gasteiger partial charge in [0.15, 0.2) is 0 Å². The van der Waals surface area contributed by atoms with Crippen LogP contribution in [0.2, 0.25) is 5.15 Å². The summed E-state index contributed by atoms with van der Waals surface area (Å²) >= 11 is 8.31. The molecule has 22 heteroatoms. The van der Waals surface area contributed by atoms with Gasteiger partial charge in [0.1, 0.15) is 33.9 Å². The Balaban J connectivity index is 0.000000480. The number of anilines is 6. The van der Waals surface area contributed by atoms with Crippen LogP contribution in [0.1, 0.15) is 113 Å². The molecule has 0 amide bonds. The molecule has 0 saturated carbocycles. The van der Waals surface area contributed by atoms with Crippen molar-refractivity contribution in [2.24, 2.45) is 14.1 Å². The molecule has 1 radical (unpaired) electrons. The van der Waals surface area contributed by atoms with Crippen LogP contribution in [-0.4, -0.2) is 145 Å². The van der Waals surface area contributed by atoms with Gasteiger partial charge >= 0.3 is 0 Å². The first-order chi connectivity index (χ1) is 32.7. The minimum Gasteiger partial charge on any atom is -0.393 e. The van der Waals surface area contributed by atoms with E-state index < -0.39 is 0 Å². The van der Waals surface area contributed by atoms with Gasteiger partial charge in [-0.25, -0.2) is 4.98 Å². The number of likely N-dealkylation sites (N-methyl/N-ethyl adjacent to an activating group) is 1. The summed E-state index contributed by atoms with van der Waals surface area (Å²) < 4.78 is 5.34. The molecule has 3 fully saturated rings. The minimum absolute atomic E-state index is 0. The van der Waals surface area contributed by atoms with Crippen molar-refractivity contribution in [3.8, 4) is 0 Å². The van der Waals surface area contributed by atoms with Crippen molar-refractivity contribution in [1.82, 2.24) is 44.4 Å². The number of aliphatic hydroxyl groups is 3. The fraction of sp³-hybridized carbons (Fsp3) is 0.660. The SMILES string of the molecule is C.C.CCCNc1nc(Cl)c2ccn(C)c2n1.CCCNc1nc(N2CCC(O)CC2)c2ccn(C)c2n1.CCCNc1nc2c(c(N3CCC(O)CC3)n1)CCN2C.C[C-](C)I.Cl.OC1CCNCC1.[V]. The van der Waals surface area contributed by atoms with Crippen LogP contribution in [0.5, 0.6) is 0 Å². The van der Waals surface area contributed by atoms with E-state index in [4.69, 9.17) is 26.7 Å². The average Bonchev–Trinajstić information content (AvgIpc) is 4.03. The Morgan fingerprint density at radius 1 is 0.625 bits per heavy atom. The Morgan fingerprint density at radius 3 is 1.47 bits per heavy atom. The standard InChI is InChI=1S/C15H25N5O.C15H23N5O.C10H13ClN4.C5H11NO.C3H6I.2CH4.ClH.V/c2*1-3-7-16-15-17-13-12(6-8-19(13)2)14(18-15)20-9-4-11(21)5-10-20;1-3-5-12-10-13-8(11)7-4-6-15(2)9(7)14-10;7-5-1-3-6-4-2-5;1-3(2)4;;;;/h11,21H,3-10H2,1-2H3,(H,16,17,18);6,8,11,21H,3-5,7,9-10H2,1-2H3,(H,16,17,18);4,6H,3,5H2,1-2H3,(H,12,13,14);5-7H,1-4H2;1-2H3;2*1H4;1H;/q;;;;-1;;;;. The second-order valence-electron chi connectivity index (χ2n) is 18.0. The van der Waals surface area contributed by atoms with Crippen LogP contribution in [0.3, 0.4) is 0 Å². The number of rotatable bonds is 11. The molecule has 0 aliphatic carbocycles. The molecule has 3 saturated heterocycles. The van der Waals surface area contributed by atoms with Crippen molar-refractivity contribution in [2.75, 3.05) is 103 Å². The van der Waals surface area contributed by atoms with Gasteiger partial charge < -0.3 is 83.0 Å². The molecule has 5 aromatic rings. The Kier molecular flexibility index (Phi) is 32.0. The largest absolute Gasteiger partial charge is 0.393 e. The van der Waals surface area contributed by atoms with E-state index in [0.29, 0.717) is 17.0 Å². The molecule has 9 heterocycles. The Labute approximate surface area is 467 Å². The summed E-state index contributed by atoms with van der Waals surface area (Å²) in [5, 5.41) is 43.6. The fourth-order valence-corrected chi connectivity index (χ4v) is 8.25. The van der Waals surface area contributed by atoms with E-state index >= 15 is 0 Å². The number of hydrogen-bond donors (Lipinski definition) is 7. The first-order valence-corrected chi connectivity index (χ1v) is 26.0. The summed E-state index contributed by atoms with van der Waals surface area (Å²) in [6, 6.07) is 3.99. The molecule has 0 aromatic carbocycles. The molecule has 18 nitrogen and oxygen atoms in total. The molecule has 5 aromatic heterocycles. The third kappa shape index (κ3) is 20.2. The molecule has 9 rings (SSSR count). The van der Waals surface area contributed by atoms with Crippen LogP contribution in [0, 0.1) is 3.92 Å². The first kappa shape index (κ1) is 66.9. The van der Waals surface area contributed by atoms with Gasteiger partial charge in [0, 0.05) is 110 Å². The van der Waals surface area contributed by atoms with E-state index in [9.17, 15) is 10.2 Å². The normalized spacial score (nSPS) is 15.6. The first-order valence-electron chi connectivity index (χ1n) is 24.6. The van der Waals surface area contributed by atoms with E-state index in [0.717, 1.165) is 175 Å². The molecule has 407 valence electrons. The summed E-state index contributed by atoms with van der Waals surface area (Å²) in [6.07, 6.45) is 12.8. The number of aliphatic hydroxyl groups excluding tert-OH is 3. The molecule has 7 N–H and O–H groups in total. The zero-order chi connectivity index (χ0) is 49.2. The molecule has 4 aliphatic rings. The monoisotopic (exact) mass is 1190 g/mol. The molecular weight excluding hydrogens is 1110 g/mol. The number of nitrogens with one attached hydrogen (secondary N) is 4. The van der Waals surface area contributed by atoms with Crippen LogP contribution in [0.25, 0.3) is 22.1 Å². The molecular formula is C50H87Cl2IN15O3V-. The second-order valence-corrected chi connectivity index (χ2v) is 20.5. The van der Waals surface area contributed by atoms with Crippen molar-refractivity contribution < 1.29 is 33.9 Å².